The molecule has 5 aromatic rings. The van der Waals surface area contributed by atoms with Crippen LogP contribution in [0, 0.1) is 0 Å². The van der Waals surface area contributed by atoms with E-state index in [4.69, 9.17) is 14.3 Å². The van der Waals surface area contributed by atoms with Crippen LogP contribution in [0.15, 0.2) is 83.4 Å². The zero-order valence-electron chi connectivity index (χ0n) is 17.1. The molecule has 0 fully saturated rings. The minimum atomic E-state index is -1.11. The highest BCUT2D eigenvalue weighted by atomic mass is 16.5. The monoisotopic (exact) mass is 425 g/mol. The van der Waals surface area contributed by atoms with Gasteiger partial charge in [-0.05, 0) is 47.5 Å². The van der Waals surface area contributed by atoms with Crippen LogP contribution in [0.5, 0.6) is 11.5 Å². The largest absolute Gasteiger partial charge is 0.477 e. The topological polar surface area (TPSA) is 97.5 Å². The number of nitrogens with zero attached hydrogens (tertiary/aromatic N) is 2. The van der Waals surface area contributed by atoms with E-state index in [1.54, 1.807) is 24.3 Å². The molecule has 0 aliphatic carbocycles. The van der Waals surface area contributed by atoms with Gasteiger partial charge >= 0.3 is 5.97 Å². The number of aromatic nitrogens is 2. The fourth-order valence-corrected chi connectivity index (χ4v) is 3.50. The first-order valence-electron chi connectivity index (χ1n) is 10.1. The van der Waals surface area contributed by atoms with Crippen molar-refractivity contribution in [1.82, 2.24) is 9.97 Å². The molecule has 7 heteroatoms. The van der Waals surface area contributed by atoms with Crippen LogP contribution in [0.3, 0.4) is 0 Å². The van der Waals surface area contributed by atoms with Gasteiger partial charge < -0.3 is 19.6 Å². The predicted octanol–water partition coefficient (Wildman–Crippen LogP) is 6.04. The number of rotatable bonds is 6. The molecule has 3 aromatic carbocycles. The Kier molecular flexibility index (Phi) is 4.91. The van der Waals surface area contributed by atoms with E-state index in [0.717, 1.165) is 5.56 Å². The number of anilines is 1. The Morgan fingerprint density at radius 3 is 2.66 bits per heavy atom. The van der Waals surface area contributed by atoms with E-state index in [1.165, 1.54) is 23.0 Å². The van der Waals surface area contributed by atoms with E-state index < -0.39 is 5.97 Å². The Balaban J connectivity index is 1.35. The van der Waals surface area contributed by atoms with Crippen molar-refractivity contribution in [2.24, 2.45) is 0 Å². The molecule has 1 atom stereocenters. The minimum Gasteiger partial charge on any atom is -0.477 e. The molecule has 32 heavy (non-hydrogen) atoms. The summed E-state index contributed by atoms with van der Waals surface area (Å²) in [6.45, 7) is 2.05. The van der Waals surface area contributed by atoms with E-state index in [0.29, 0.717) is 28.6 Å². The van der Waals surface area contributed by atoms with Crippen molar-refractivity contribution in [3.05, 3.63) is 90.3 Å². The molecule has 2 aromatic heterocycles. The molecule has 0 amide bonds. The maximum atomic E-state index is 11.1. The van der Waals surface area contributed by atoms with E-state index in [-0.39, 0.29) is 11.7 Å². The average molecular weight is 425 g/mol. The summed E-state index contributed by atoms with van der Waals surface area (Å²) >= 11 is 0. The Morgan fingerprint density at radius 2 is 1.81 bits per heavy atom. The number of carboxylic acids is 1. The third-order valence-electron chi connectivity index (χ3n) is 5.16. The molecule has 2 heterocycles. The number of ether oxygens (including phenoxy) is 1. The number of fused-ring (bicyclic) bond motifs is 2. The van der Waals surface area contributed by atoms with Gasteiger partial charge in [0, 0.05) is 18.3 Å². The van der Waals surface area contributed by atoms with Gasteiger partial charge in [0.2, 0.25) is 0 Å². The predicted molar refractivity (Wildman–Crippen MR) is 121 cm³/mol. The van der Waals surface area contributed by atoms with Crippen molar-refractivity contribution in [2.75, 3.05) is 5.32 Å². The molecule has 7 nitrogen and oxygen atoms in total. The lowest BCUT2D eigenvalue weighted by Gasteiger charge is -2.13. The molecule has 5 rings (SSSR count). The summed E-state index contributed by atoms with van der Waals surface area (Å²) in [4.78, 5) is 19.4. The number of oxazole rings is 1. The fourth-order valence-electron chi connectivity index (χ4n) is 3.50. The van der Waals surface area contributed by atoms with Gasteiger partial charge in [0.15, 0.2) is 11.3 Å². The van der Waals surface area contributed by atoms with Crippen LogP contribution in [0.4, 0.5) is 6.01 Å². The van der Waals surface area contributed by atoms with Crippen LogP contribution in [-0.4, -0.2) is 21.0 Å². The normalized spacial score (nSPS) is 12.0. The van der Waals surface area contributed by atoms with Gasteiger partial charge in [0.25, 0.3) is 6.01 Å². The third-order valence-corrected chi connectivity index (χ3v) is 5.16. The lowest BCUT2D eigenvalue weighted by Crippen LogP contribution is -2.06. The van der Waals surface area contributed by atoms with Crippen molar-refractivity contribution >= 4 is 33.9 Å². The average Bonchev–Trinajstić information content (AvgIpc) is 3.20. The van der Waals surface area contributed by atoms with E-state index in [2.05, 4.69) is 52.5 Å². The summed E-state index contributed by atoms with van der Waals surface area (Å²) in [5.74, 6) is -0.234. The second kappa shape index (κ2) is 8.03. The maximum absolute atomic E-state index is 11.1. The molecule has 158 valence electrons. The Bertz CT molecular complexity index is 1440. The number of pyridine rings is 1. The number of benzene rings is 3. The number of aromatic carboxylic acids is 1. The van der Waals surface area contributed by atoms with Gasteiger partial charge in [0.1, 0.15) is 17.0 Å². The fraction of sp³-hybridized carbons (Fsp3) is 0.0800. The highest BCUT2D eigenvalue weighted by molar-refractivity contribution is 5.85. The van der Waals surface area contributed by atoms with Crippen molar-refractivity contribution in [3.63, 3.8) is 0 Å². The first-order valence-corrected chi connectivity index (χ1v) is 10.1. The Labute approximate surface area is 183 Å². The highest BCUT2D eigenvalue weighted by Crippen LogP contribution is 2.29. The van der Waals surface area contributed by atoms with Crippen LogP contribution < -0.4 is 10.1 Å². The number of carbonyl (C=O) groups is 1. The summed E-state index contributed by atoms with van der Waals surface area (Å²) in [6, 6.07) is 23.2. The lowest BCUT2D eigenvalue weighted by atomic mass is 10.0. The Morgan fingerprint density at radius 1 is 1.00 bits per heavy atom. The summed E-state index contributed by atoms with van der Waals surface area (Å²) < 4.78 is 11.6. The molecular formula is C25H19N3O4. The van der Waals surface area contributed by atoms with Gasteiger partial charge in [-0.25, -0.2) is 9.78 Å². The minimum absolute atomic E-state index is 0.00496. The second-order valence-electron chi connectivity index (χ2n) is 7.41. The van der Waals surface area contributed by atoms with E-state index in [9.17, 15) is 4.79 Å². The van der Waals surface area contributed by atoms with Crippen LogP contribution in [0.25, 0.3) is 21.9 Å². The van der Waals surface area contributed by atoms with Crippen LogP contribution in [0.1, 0.15) is 29.0 Å². The number of nitrogens with one attached hydrogen (secondary N) is 1. The van der Waals surface area contributed by atoms with Gasteiger partial charge in [-0.1, -0.05) is 36.4 Å². The molecule has 0 aliphatic heterocycles. The van der Waals surface area contributed by atoms with Gasteiger partial charge in [-0.2, -0.15) is 4.98 Å². The maximum Gasteiger partial charge on any atom is 0.354 e. The molecule has 0 spiro atoms. The highest BCUT2D eigenvalue weighted by Gasteiger charge is 2.13. The van der Waals surface area contributed by atoms with Crippen LogP contribution in [0.2, 0.25) is 0 Å². The number of hydrogen-bond donors (Lipinski definition) is 2. The zero-order valence-corrected chi connectivity index (χ0v) is 17.1. The second-order valence-corrected chi connectivity index (χ2v) is 7.41. The molecule has 0 aliphatic rings. The third kappa shape index (κ3) is 3.96. The van der Waals surface area contributed by atoms with Gasteiger partial charge in [-0.15, -0.1) is 0 Å². The Hall–Kier alpha value is -4.39. The quantitative estimate of drug-likeness (QED) is 0.342. The molecule has 0 saturated carbocycles. The number of carboxylic acid groups (broad SMARTS) is 1. The molecule has 0 unspecified atom stereocenters. The van der Waals surface area contributed by atoms with Gasteiger partial charge in [-0.3, -0.25) is 0 Å². The van der Waals surface area contributed by atoms with Crippen LogP contribution >= 0.6 is 0 Å². The zero-order chi connectivity index (χ0) is 22.1. The molecule has 2 N–H and O–H groups in total. The van der Waals surface area contributed by atoms with Crippen molar-refractivity contribution < 1.29 is 19.1 Å². The van der Waals surface area contributed by atoms with E-state index >= 15 is 0 Å². The summed E-state index contributed by atoms with van der Waals surface area (Å²) in [6.07, 6.45) is 1.39. The summed E-state index contributed by atoms with van der Waals surface area (Å²) in [5, 5.41) is 14.8. The molecule has 0 radical (unpaired) electrons. The first kappa shape index (κ1) is 19.6. The van der Waals surface area contributed by atoms with Crippen molar-refractivity contribution in [3.8, 4) is 11.5 Å². The van der Waals surface area contributed by atoms with E-state index in [1.807, 2.05) is 12.1 Å². The van der Waals surface area contributed by atoms with Gasteiger partial charge in [0.05, 0.1) is 6.04 Å². The molecule has 0 saturated heterocycles. The van der Waals surface area contributed by atoms with Crippen molar-refractivity contribution in [2.45, 2.75) is 13.0 Å². The molecule has 0 bridgehead atoms. The lowest BCUT2D eigenvalue weighted by molar-refractivity contribution is 0.0690. The summed E-state index contributed by atoms with van der Waals surface area (Å²) in [5.41, 5.74) is 2.29. The van der Waals surface area contributed by atoms with Crippen molar-refractivity contribution in [1.29, 1.82) is 0 Å². The summed E-state index contributed by atoms with van der Waals surface area (Å²) in [7, 11) is 0. The first-order chi connectivity index (χ1) is 15.5. The molecular weight excluding hydrogens is 406 g/mol. The van der Waals surface area contributed by atoms with Crippen LogP contribution in [-0.2, 0) is 0 Å². The SMILES string of the molecule is C[C@H](Nc1nc2ccc(Oc3ccnc(C(=O)O)c3)cc2o1)c1ccc2ccccc2c1. The smallest absolute Gasteiger partial charge is 0.354 e. The number of hydrogen-bond acceptors (Lipinski definition) is 6. The standard InChI is InChI=1S/C25H19N3O4/c1-15(17-7-6-16-4-2-3-5-18(16)12-17)27-25-28-21-9-8-19(14-23(21)32-25)31-20-10-11-26-22(13-20)24(29)30/h2-15H,1H3,(H,27,28)(H,29,30)/t15-/m0/s1.